The lowest BCUT2D eigenvalue weighted by atomic mass is 9.95. The van der Waals surface area contributed by atoms with Crippen molar-refractivity contribution < 1.29 is 23.8 Å². The van der Waals surface area contributed by atoms with Gasteiger partial charge in [0.05, 0.1) is 29.8 Å². The first-order valence-electron chi connectivity index (χ1n) is 11.0. The van der Waals surface area contributed by atoms with E-state index in [-0.39, 0.29) is 17.1 Å². The Bertz CT molecular complexity index is 1480. The zero-order chi connectivity index (χ0) is 24.9. The van der Waals surface area contributed by atoms with Gasteiger partial charge in [0.1, 0.15) is 17.3 Å². The minimum absolute atomic E-state index is 0.123. The summed E-state index contributed by atoms with van der Waals surface area (Å²) in [6, 6.07) is 14.8. The van der Waals surface area contributed by atoms with Gasteiger partial charge >= 0.3 is 5.91 Å². The number of benzene rings is 3. The second-order valence-electron chi connectivity index (χ2n) is 8.47. The molecule has 1 aliphatic heterocycles. The summed E-state index contributed by atoms with van der Waals surface area (Å²) in [5.41, 5.74) is 4.09. The number of ketones is 1. The molecule has 0 spiro atoms. The minimum Gasteiger partial charge on any atom is -0.507 e. The minimum atomic E-state index is -0.988. The maximum Gasteiger partial charge on any atom is 0.302 e. The molecule has 3 aromatic carbocycles. The van der Waals surface area contributed by atoms with E-state index in [4.69, 9.17) is 4.74 Å². The van der Waals surface area contributed by atoms with Crippen LogP contribution in [0.3, 0.4) is 0 Å². The SMILES string of the molecule is COc1cccc(C2/C(=C(\O)c3ccc(F)cc3)C(=O)C(=O)N2c2nc3cc(C)c(C)cc3[nH]2)c1. The Morgan fingerprint density at radius 1 is 1.06 bits per heavy atom. The summed E-state index contributed by atoms with van der Waals surface area (Å²) in [5, 5.41) is 11.1. The van der Waals surface area contributed by atoms with E-state index >= 15 is 0 Å². The van der Waals surface area contributed by atoms with Crippen molar-refractivity contribution in [2.45, 2.75) is 19.9 Å². The first-order valence-corrected chi connectivity index (χ1v) is 11.0. The molecule has 1 amide bonds. The van der Waals surface area contributed by atoms with Gasteiger partial charge in [0.15, 0.2) is 0 Å². The lowest BCUT2D eigenvalue weighted by Crippen LogP contribution is -2.30. The topological polar surface area (TPSA) is 95.5 Å². The Kier molecular flexibility index (Phi) is 5.36. The number of hydrogen-bond donors (Lipinski definition) is 2. The molecule has 1 aliphatic rings. The van der Waals surface area contributed by atoms with E-state index in [1.807, 2.05) is 26.0 Å². The average molecular weight is 471 g/mol. The predicted octanol–water partition coefficient (Wildman–Crippen LogP) is 4.95. The average Bonchev–Trinajstić information content (AvgIpc) is 3.37. The molecular formula is C27H22FN3O4. The summed E-state index contributed by atoms with van der Waals surface area (Å²) < 4.78 is 18.8. The van der Waals surface area contributed by atoms with Crippen molar-refractivity contribution in [1.29, 1.82) is 0 Å². The number of amides is 1. The van der Waals surface area contributed by atoms with Gasteiger partial charge in [0, 0.05) is 5.56 Å². The third kappa shape index (κ3) is 3.73. The molecule has 7 nitrogen and oxygen atoms in total. The number of anilines is 1. The summed E-state index contributed by atoms with van der Waals surface area (Å²) in [6.45, 7) is 3.94. The van der Waals surface area contributed by atoms with Crippen LogP contribution in [0.15, 0.2) is 66.2 Å². The highest BCUT2D eigenvalue weighted by Crippen LogP contribution is 2.42. The number of aliphatic hydroxyl groups is 1. The molecule has 0 bridgehead atoms. The van der Waals surface area contributed by atoms with E-state index < -0.39 is 29.3 Å². The van der Waals surface area contributed by atoms with Gasteiger partial charge in [-0.3, -0.25) is 14.5 Å². The van der Waals surface area contributed by atoms with Crippen LogP contribution in [-0.4, -0.2) is 33.9 Å². The number of H-pyrrole nitrogens is 1. The number of nitrogens with one attached hydrogen (secondary N) is 1. The number of ether oxygens (including phenoxy) is 1. The molecule has 2 heterocycles. The third-order valence-electron chi connectivity index (χ3n) is 6.28. The fourth-order valence-electron chi connectivity index (χ4n) is 4.31. The molecule has 176 valence electrons. The normalized spacial score (nSPS) is 17.4. The van der Waals surface area contributed by atoms with Crippen LogP contribution in [0, 0.1) is 19.7 Å². The van der Waals surface area contributed by atoms with Crippen LogP contribution < -0.4 is 9.64 Å². The van der Waals surface area contributed by atoms with Gasteiger partial charge in [-0.1, -0.05) is 12.1 Å². The second kappa shape index (κ2) is 8.39. The van der Waals surface area contributed by atoms with Crippen molar-refractivity contribution in [3.8, 4) is 5.75 Å². The summed E-state index contributed by atoms with van der Waals surface area (Å²) in [6.07, 6.45) is 0. The fraction of sp³-hybridized carbons (Fsp3) is 0.148. The third-order valence-corrected chi connectivity index (χ3v) is 6.28. The largest absolute Gasteiger partial charge is 0.507 e. The van der Waals surface area contributed by atoms with Crippen LogP contribution in [0.2, 0.25) is 0 Å². The van der Waals surface area contributed by atoms with Gasteiger partial charge in [-0.2, -0.15) is 0 Å². The van der Waals surface area contributed by atoms with E-state index in [2.05, 4.69) is 9.97 Å². The highest BCUT2D eigenvalue weighted by molar-refractivity contribution is 6.51. The number of imidazole rings is 1. The number of carbonyl (C=O) groups is 2. The van der Waals surface area contributed by atoms with Crippen LogP contribution >= 0.6 is 0 Å². The molecule has 2 N–H and O–H groups in total. The molecule has 1 aromatic heterocycles. The van der Waals surface area contributed by atoms with Gasteiger partial charge in [0.25, 0.3) is 5.78 Å². The Morgan fingerprint density at radius 2 is 1.77 bits per heavy atom. The quantitative estimate of drug-likeness (QED) is 0.249. The van der Waals surface area contributed by atoms with E-state index in [1.165, 1.54) is 36.3 Å². The number of methoxy groups -OCH3 is 1. The van der Waals surface area contributed by atoms with Crippen LogP contribution in [-0.2, 0) is 9.59 Å². The van der Waals surface area contributed by atoms with Crippen molar-refractivity contribution in [3.05, 3.63) is 94.3 Å². The molecular weight excluding hydrogens is 449 g/mol. The number of aryl methyl sites for hydroxylation is 2. The molecule has 8 heteroatoms. The van der Waals surface area contributed by atoms with Crippen LogP contribution in [0.4, 0.5) is 10.3 Å². The summed E-state index contributed by atoms with van der Waals surface area (Å²) in [7, 11) is 1.51. The van der Waals surface area contributed by atoms with Gasteiger partial charge in [-0.25, -0.2) is 9.37 Å². The Balaban J connectivity index is 1.74. The molecule has 0 aliphatic carbocycles. The molecule has 0 saturated carbocycles. The molecule has 4 aromatic rings. The Morgan fingerprint density at radius 3 is 2.49 bits per heavy atom. The van der Waals surface area contributed by atoms with Gasteiger partial charge in [-0.15, -0.1) is 0 Å². The summed E-state index contributed by atoms with van der Waals surface area (Å²) >= 11 is 0. The van der Waals surface area contributed by atoms with Crippen LogP contribution in [0.25, 0.3) is 16.8 Å². The smallest absolute Gasteiger partial charge is 0.302 e. The lowest BCUT2D eigenvalue weighted by molar-refractivity contribution is -0.132. The monoisotopic (exact) mass is 471 g/mol. The number of aromatic amines is 1. The standard InChI is InChI=1S/C27H22FN3O4/c1-14-11-20-21(12-15(14)2)30-27(29-20)31-23(17-5-4-6-19(13-17)35-3)22(25(33)26(31)34)24(32)16-7-9-18(28)10-8-16/h4-13,23,32H,1-3H3,(H,29,30)/b24-22+. The number of rotatable bonds is 4. The second-order valence-corrected chi connectivity index (χ2v) is 8.47. The highest BCUT2D eigenvalue weighted by Gasteiger charge is 2.48. The number of carbonyl (C=O) groups excluding carboxylic acids is 2. The highest BCUT2D eigenvalue weighted by atomic mass is 19.1. The first-order chi connectivity index (χ1) is 16.8. The fourth-order valence-corrected chi connectivity index (χ4v) is 4.31. The Labute approximate surface area is 200 Å². The van der Waals surface area contributed by atoms with Gasteiger partial charge < -0.3 is 14.8 Å². The number of Topliss-reactive ketones (excluding diaryl/α,β-unsaturated/α-hetero) is 1. The number of nitrogens with zero attached hydrogens (tertiary/aromatic N) is 2. The molecule has 35 heavy (non-hydrogen) atoms. The number of aliphatic hydroxyl groups excluding tert-OH is 1. The van der Waals surface area contributed by atoms with Crippen molar-refractivity contribution in [2.24, 2.45) is 0 Å². The van der Waals surface area contributed by atoms with Crippen molar-refractivity contribution >= 4 is 34.4 Å². The lowest BCUT2D eigenvalue weighted by Gasteiger charge is -2.23. The first kappa shape index (κ1) is 22.3. The molecule has 1 atom stereocenters. The van der Waals surface area contributed by atoms with Gasteiger partial charge in [0.2, 0.25) is 5.95 Å². The van der Waals surface area contributed by atoms with E-state index in [0.29, 0.717) is 22.3 Å². The van der Waals surface area contributed by atoms with Crippen molar-refractivity contribution in [3.63, 3.8) is 0 Å². The summed E-state index contributed by atoms with van der Waals surface area (Å²) in [5.74, 6) is -1.90. The maximum absolute atomic E-state index is 13.5. The van der Waals surface area contributed by atoms with Crippen molar-refractivity contribution in [2.75, 3.05) is 12.0 Å². The number of fused-ring (bicyclic) bond motifs is 1. The number of hydrogen-bond acceptors (Lipinski definition) is 5. The molecule has 1 fully saturated rings. The molecule has 1 unspecified atom stereocenters. The molecule has 0 radical (unpaired) electrons. The zero-order valence-electron chi connectivity index (χ0n) is 19.3. The van der Waals surface area contributed by atoms with Crippen LogP contribution in [0.5, 0.6) is 5.75 Å². The molecule has 5 rings (SSSR count). The van der Waals surface area contributed by atoms with Gasteiger partial charge in [-0.05, 0) is 79.1 Å². The number of aromatic nitrogens is 2. The zero-order valence-corrected chi connectivity index (χ0v) is 19.3. The number of halogens is 1. The maximum atomic E-state index is 13.5. The van der Waals surface area contributed by atoms with E-state index in [1.54, 1.807) is 24.3 Å². The van der Waals surface area contributed by atoms with E-state index in [9.17, 15) is 19.1 Å². The summed E-state index contributed by atoms with van der Waals surface area (Å²) in [4.78, 5) is 35.6. The Hall–Kier alpha value is -4.46. The van der Waals surface area contributed by atoms with E-state index in [0.717, 1.165) is 11.1 Å². The molecule has 1 saturated heterocycles. The predicted molar refractivity (Wildman–Crippen MR) is 130 cm³/mol. The van der Waals surface area contributed by atoms with Crippen LogP contribution in [0.1, 0.15) is 28.3 Å². The van der Waals surface area contributed by atoms with Crippen molar-refractivity contribution in [1.82, 2.24) is 9.97 Å².